The van der Waals surface area contributed by atoms with Gasteiger partial charge in [0.25, 0.3) is 5.91 Å². The molecule has 8 nitrogen and oxygen atoms in total. The summed E-state index contributed by atoms with van der Waals surface area (Å²) in [6.45, 7) is 3.31. The second kappa shape index (κ2) is 9.70. The van der Waals surface area contributed by atoms with Crippen LogP contribution in [0.4, 0.5) is 10.9 Å². The van der Waals surface area contributed by atoms with E-state index in [1.165, 1.54) is 23.1 Å². The number of hydrogen-bond donors (Lipinski definition) is 2. The van der Waals surface area contributed by atoms with Crippen LogP contribution in [0.2, 0.25) is 0 Å². The van der Waals surface area contributed by atoms with Gasteiger partial charge in [0.1, 0.15) is 11.5 Å². The fourth-order valence-electron chi connectivity index (χ4n) is 2.39. The monoisotopic (exact) mass is 495 g/mol. The maximum absolute atomic E-state index is 12.4. The smallest absolute Gasteiger partial charge is 0.269 e. The molecular formula is C18H22BrN7OS2. The molecule has 0 saturated carbocycles. The van der Waals surface area contributed by atoms with E-state index in [0.29, 0.717) is 23.2 Å². The number of imidazole rings is 1. The summed E-state index contributed by atoms with van der Waals surface area (Å²) in [6.07, 6.45) is 3.32. The molecule has 0 atom stereocenters. The van der Waals surface area contributed by atoms with Gasteiger partial charge >= 0.3 is 0 Å². The number of likely N-dealkylation sites (N-methyl/N-ethyl adjacent to an activating group) is 1. The molecule has 0 spiro atoms. The minimum Gasteiger partial charge on any atom is -0.349 e. The highest BCUT2D eigenvalue weighted by atomic mass is 79.9. The number of nitrogens with zero attached hydrogens (tertiary/aromatic N) is 5. The lowest BCUT2D eigenvalue weighted by Crippen LogP contribution is -2.32. The van der Waals surface area contributed by atoms with E-state index in [2.05, 4.69) is 41.5 Å². The van der Waals surface area contributed by atoms with Crippen LogP contribution in [0.1, 0.15) is 16.2 Å². The highest BCUT2D eigenvalue weighted by molar-refractivity contribution is 9.10. The maximum atomic E-state index is 12.4. The molecule has 11 heteroatoms. The van der Waals surface area contributed by atoms with Gasteiger partial charge in [0.05, 0.1) is 16.8 Å². The quantitative estimate of drug-likeness (QED) is 0.493. The number of hydrogen-bond acceptors (Lipinski definition) is 8. The van der Waals surface area contributed by atoms with Gasteiger partial charge < -0.3 is 20.1 Å². The van der Waals surface area contributed by atoms with Crippen molar-refractivity contribution in [1.82, 2.24) is 29.7 Å². The summed E-state index contributed by atoms with van der Waals surface area (Å²) in [6, 6.07) is 1.96. The average Bonchev–Trinajstić information content (AvgIpc) is 3.23. The van der Waals surface area contributed by atoms with Gasteiger partial charge in [-0.05, 0) is 54.8 Å². The fraction of sp³-hybridized carbons (Fsp3) is 0.333. The van der Waals surface area contributed by atoms with Crippen LogP contribution in [0.15, 0.2) is 38.4 Å². The molecule has 1 amide bonds. The first-order valence-corrected chi connectivity index (χ1v) is 11.3. The van der Waals surface area contributed by atoms with Crippen molar-refractivity contribution in [3.05, 3.63) is 39.7 Å². The molecule has 0 bridgehead atoms. The maximum Gasteiger partial charge on any atom is 0.269 e. The van der Waals surface area contributed by atoms with E-state index in [9.17, 15) is 4.79 Å². The van der Waals surface area contributed by atoms with Crippen LogP contribution in [0.5, 0.6) is 0 Å². The second-order valence-electron chi connectivity index (χ2n) is 6.57. The summed E-state index contributed by atoms with van der Waals surface area (Å²) in [7, 11) is 5.77. The van der Waals surface area contributed by atoms with E-state index in [-0.39, 0.29) is 5.91 Å². The molecule has 0 aromatic carbocycles. The number of pyridine rings is 1. The largest absolute Gasteiger partial charge is 0.349 e. The number of thiazole rings is 1. The minimum atomic E-state index is -0.141. The molecule has 3 rings (SSSR count). The molecule has 0 fully saturated rings. The highest BCUT2D eigenvalue weighted by Gasteiger charge is 2.17. The summed E-state index contributed by atoms with van der Waals surface area (Å²) in [5.41, 5.74) is 1.47. The Morgan fingerprint density at radius 1 is 1.34 bits per heavy atom. The molecule has 0 aliphatic carbocycles. The number of rotatable bonds is 8. The highest BCUT2D eigenvalue weighted by Crippen LogP contribution is 2.35. The number of anilines is 2. The predicted molar refractivity (Wildman–Crippen MR) is 120 cm³/mol. The predicted octanol–water partition coefficient (Wildman–Crippen LogP) is 3.53. The zero-order chi connectivity index (χ0) is 21.0. The van der Waals surface area contributed by atoms with Gasteiger partial charge in [0.2, 0.25) is 0 Å². The normalized spacial score (nSPS) is 11.1. The number of aromatic nitrogens is 4. The Morgan fingerprint density at radius 2 is 2.14 bits per heavy atom. The van der Waals surface area contributed by atoms with E-state index in [4.69, 9.17) is 0 Å². The number of carbonyl (C=O) groups excluding carboxylic acids is 1. The van der Waals surface area contributed by atoms with Crippen LogP contribution in [0, 0.1) is 6.92 Å². The van der Waals surface area contributed by atoms with Crippen LogP contribution in [0.3, 0.4) is 0 Å². The van der Waals surface area contributed by atoms with Gasteiger partial charge in [-0.25, -0.2) is 15.0 Å². The lowest BCUT2D eigenvalue weighted by molar-refractivity contribution is 0.0942. The first kappa shape index (κ1) is 21.8. The van der Waals surface area contributed by atoms with Crippen molar-refractivity contribution < 1.29 is 4.79 Å². The minimum absolute atomic E-state index is 0.141. The fourth-order valence-corrected chi connectivity index (χ4v) is 4.48. The Labute approximate surface area is 186 Å². The van der Waals surface area contributed by atoms with E-state index >= 15 is 0 Å². The Balaban J connectivity index is 1.77. The van der Waals surface area contributed by atoms with Gasteiger partial charge in [-0.3, -0.25) is 4.79 Å². The number of nitrogens with one attached hydrogen (secondary N) is 2. The van der Waals surface area contributed by atoms with Crippen LogP contribution >= 0.6 is 39.0 Å². The molecule has 0 aliphatic heterocycles. The zero-order valence-electron chi connectivity index (χ0n) is 16.6. The number of halogens is 1. The van der Waals surface area contributed by atoms with Crippen molar-refractivity contribution in [2.24, 2.45) is 7.05 Å². The molecule has 0 unspecified atom stereocenters. The van der Waals surface area contributed by atoms with Crippen molar-refractivity contribution in [3.63, 3.8) is 0 Å². The first-order valence-electron chi connectivity index (χ1n) is 8.80. The zero-order valence-corrected chi connectivity index (χ0v) is 19.8. The van der Waals surface area contributed by atoms with Gasteiger partial charge in [-0.1, -0.05) is 0 Å². The molecule has 3 aromatic rings. The van der Waals surface area contributed by atoms with Gasteiger partial charge in [0.15, 0.2) is 10.3 Å². The summed E-state index contributed by atoms with van der Waals surface area (Å²) in [5, 5.41) is 9.63. The Morgan fingerprint density at radius 3 is 2.83 bits per heavy atom. The Kier molecular flexibility index (Phi) is 7.28. The Bertz CT molecular complexity index is 1000. The molecule has 154 valence electrons. The summed E-state index contributed by atoms with van der Waals surface area (Å²) < 4.78 is 2.64. The average molecular weight is 496 g/mol. The van der Waals surface area contributed by atoms with Crippen molar-refractivity contribution in [1.29, 1.82) is 0 Å². The summed E-state index contributed by atoms with van der Waals surface area (Å²) >= 11 is 6.43. The topological polar surface area (TPSA) is 88.0 Å². The number of carbonyl (C=O) groups is 1. The number of aryl methyl sites for hydroxylation is 1. The van der Waals surface area contributed by atoms with Crippen molar-refractivity contribution in [2.45, 2.75) is 17.0 Å². The molecule has 0 saturated heterocycles. The summed E-state index contributed by atoms with van der Waals surface area (Å²) in [5.74, 6) is 0.546. The van der Waals surface area contributed by atoms with Gasteiger partial charge in [-0.2, -0.15) is 0 Å². The van der Waals surface area contributed by atoms with Crippen molar-refractivity contribution in [3.8, 4) is 0 Å². The molecular weight excluding hydrogens is 474 g/mol. The van der Waals surface area contributed by atoms with E-state index < -0.39 is 0 Å². The summed E-state index contributed by atoms with van der Waals surface area (Å²) in [4.78, 5) is 28.7. The van der Waals surface area contributed by atoms with E-state index in [0.717, 1.165) is 26.7 Å². The van der Waals surface area contributed by atoms with Crippen LogP contribution in [-0.2, 0) is 7.05 Å². The van der Waals surface area contributed by atoms with Gasteiger partial charge in [0, 0.05) is 36.2 Å². The molecule has 3 aromatic heterocycles. The van der Waals surface area contributed by atoms with E-state index in [1.54, 1.807) is 17.0 Å². The Hall–Kier alpha value is -1.95. The van der Waals surface area contributed by atoms with Crippen LogP contribution < -0.4 is 10.6 Å². The lowest BCUT2D eigenvalue weighted by atomic mass is 10.4. The first-order chi connectivity index (χ1) is 13.8. The van der Waals surface area contributed by atoms with Crippen LogP contribution in [0.25, 0.3) is 0 Å². The standard InChI is InChI=1S/C18H22BrN7OS2/c1-11-10-28-17(23-11)24-15-14(7-12(19)8-21-15)29-18-22-9-13(26(18)4)16(27)20-5-6-25(2)3/h7-10H,5-6H2,1-4H3,(H,20,27)(H,21,23,24). The van der Waals surface area contributed by atoms with Gasteiger partial charge in [-0.15, -0.1) is 11.3 Å². The molecule has 3 heterocycles. The SMILES string of the molecule is Cc1csc(Nc2ncc(Br)cc2Sc2ncc(C(=O)NCCN(C)C)n2C)n1. The lowest BCUT2D eigenvalue weighted by Gasteiger charge is -2.11. The van der Waals surface area contributed by atoms with E-state index in [1.807, 2.05) is 44.4 Å². The third-order valence-corrected chi connectivity index (χ3v) is 6.29. The molecule has 2 N–H and O–H groups in total. The van der Waals surface area contributed by atoms with Crippen molar-refractivity contribution in [2.75, 3.05) is 32.5 Å². The van der Waals surface area contributed by atoms with Crippen molar-refractivity contribution >= 4 is 55.9 Å². The van der Waals surface area contributed by atoms with Crippen LogP contribution in [-0.4, -0.2) is 57.5 Å². The number of amides is 1. The molecule has 29 heavy (non-hydrogen) atoms. The second-order valence-corrected chi connectivity index (χ2v) is 9.35. The molecule has 0 radical (unpaired) electrons. The molecule has 0 aliphatic rings. The third-order valence-electron chi connectivity index (χ3n) is 3.89. The third kappa shape index (κ3) is 5.78.